The lowest BCUT2D eigenvalue weighted by molar-refractivity contribution is 0.0726. The van der Waals surface area contributed by atoms with Crippen LogP contribution in [0.1, 0.15) is 29.6 Å². The maximum atomic E-state index is 13.2. The number of rotatable bonds is 4. The van der Waals surface area contributed by atoms with Crippen LogP contribution in [0.2, 0.25) is 0 Å². The predicted molar refractivity (Wildman–Crippen MR) is 108 cm³/mol. The first-order valence-electron chi connectivity index (χ1n) is 9.35. The van der Waals surface area contributed by atoms with Crippen LogP contribution in [-0.4, -0.2) is 36.0 Å². The molecular formula is C22H23N3O2. The predicted octanol–water partition coefficient (Wildman–Crippen LogP) is 4.61. The van der Waals surface area contributed by atoms with E-state index in [1.165, 1.54) is 6.42 Å². The van der Waals surface area contributed by atoms with Crippen molar-refractivity contribution < 1.29 is 9.53 Å². The van der Waals surface area contributed by atoms with E-state index in [9.17, 15) is 4.79 Å². The van der Waals surface area contributed by atoms with Crippen LogP contribution in [0.3, 0.4) is 0 Å². The number of likely N-dealkylation sites (tertiary alicyclic amines) is 1. The highest BCUT2D eigenvalue weighted by Crippen LogP contribution is 2.26. The summed E-state index contributed by atoms with van der Waals surface area (Å²) >= 11 is 0. The molecule has 3 aromatic rings. The number of benzene rings is 2. The molecule has 138 valence electrons. The van der Waals surface area contributed by atoms with Gasteiger partial charge in [0.2, 0.25) is 0 Å². The summed E-state index contributed by atoms with van der Waals surface area (Å²) in [5.41, 5.74) is 2.42. The lowest BCUT2D eigenvalue weighted by Gasteiger charge is -2.27. The third-order valence-corrected chi connectivity index (χ3v) is 4.95. The standard InChI is InChI=1S/C22H23N3O2/c1-27-17-11-9-16(10-12-17)23-21-15-19(18-7-3-4-8-20(18)24-21)22(26)25-13-5-2-6-14-25/h3-4,7-12,15H,2,5-6,13-14H2,1H3,(H,23,24). The van der Waals surface area contributed by atoms with Crippen LogP contribution in [0, 0.1) is 0 Å². The van der Waals surface area contributed by atoms with Crippen molar-refractivity contribution >= 4 is 28.3 Å². The fourth-order valence-electron chi connectivity index (χ4n) is 3.51. The highest BCUT2D eigenvalue weighted by Gasteiger charge is 2.21. The normalized spacial score (nSPS) is 14.2. The van der Waals surface area contributed by atoms with E-state index in [2.05, 4.69) is 10.3 Å². The largest absolute Gasteiger partial charge is 0.497 e. The summed E-state index contributed by atoms with van der Waals surface area (Å²) < 4.78 is 5.20. The quantitative estimate of drug-likeness (QED) is 0.737. The molecule has 1 aromatic heterocycles. The topological polar surface area (TPSA) is 54.5 Å². The van der Waals surface area contributed by atoms with E-state index in [0.29, 0.717) is 11.4 Å². The Hall–Kier alpha value is -3.08. The van der Waals surface area contributed by atoms with Gasteiger partial charge in [0.15, 0.2) is 0 Å². The molecule has 1 aliphatic heterocycles. The first kappa shape index (κ1) is 17.3. The monoisotopic (exact) mass is 361 g/mol. The molecule has 27 heavy (non-hydrogen) atoms. The van der Waals surface area contributed by atoms with Crippen molar-refractivity contribution in [1.29, 1.82) is 0 Å². The average Bonchev–Trinajstić information content (AvgIpc) is 2.74. The van der Waals surface area contributed by atoms with Crippen molar-refractivity contribution in [1.82, 2.24) is 9.88 Å². The van der Waals surface area contributed by atoms with Crippen LogP contribution < -0.4 is 10.1 Å². The molecule has 1 fully saturated rings. The fraction of sp³-hybridized carbons (Fsp3) is 0.273. The molecule has 5 heteroatoms. The van der Waals surface area contributed by atoms with Crippen LogP contribution in [0.5, 0.6) is 5.75 Å². The van der Waals surface area contributed by atoms with Crippen LogP contribution in [-0.2, 0) is 0 Å². The third-order valence-electron chi connectivity index (χ3n) is 4.95. The van der Waals surface area contributed by atoms with Crippen LogP contribution in [0.15, 0.2) is 54.6 Å². The highest BCUT2D eigenvalue weighted by atomic mass is 16.5. The Morgan fingerprint density at radius 3 is 2.52 bits per heavy atom. The van der Waals surface area contributed by atoms with E-state index in [-0.39, 0.29) is 5.91 Å². The molecule has 1 amide bonds. The second-order valence-corrected chi connectivity index (χ2v) is 6.78. The molecule has 0 saturated carbocycles. The number of piperidine rings is 1. The number of hydrogen-bond donors (Lipinski definition) is 1. The zero-order valence-corrected chi connectivity index (χ0v) is 15.4. The molecule has 4 rings (SSSR count). The van der Waals surface area contributed by atoms with E-state index in [1.807, 2.05) is 59.5 Å². The molecule has 0 radical (unpaired) electrons. The van der Waals surface area contributed by atoms with Crippen LogP contribution in [0.4, 0.5) is 11.5 Å². The number of carbonyl (C=O) groups excluding carboxylic acids is 1. The molecule has 0 bridgehead atoms. The van der Waals surface area contributed by atoms with Gasteiger partial charge in [0.1, 0.15) is 11.6 Å². The van der Waals surface area contributed by atoms with Gasteiger partial charge in [-0.25, -0.2) is 4.98 Å². The first-order valence-corrected chi connectivity index (χ1v) is 9.35. The second kappa shape index (κ2) is 7.66. The first-order chi connectivity index (χ1) is 13.2. The number of aromatic nitrogens is 1. The van der Waals surface area contributed by atoms with Crippen molar-refractivity contribution in [3.63, 3.8) is 0 Å². The molecule has 1 N–H and O–H groups in total. The minimum atomic E-state index is 0.0890. The Kier molecular flexibility index (Phi) is 4.92. The van der Waals surface area contributed by atoms with Gasteiger partial charge in [-0.15, -0.1) is 0 Å². The highest BCUT2D eigenvalue weighted by molar-refractivity contribution is 6.07. The number of fused-ring (bicyclic) bond motifs is 1. The summed E-state index contributed by atoms with van der Waals surface area (Å²) in [7, 11) is 1.64. The molecule has 5 nitrogen and oxygen atoms in total. The number of anilines is 2. The molecular weight excluding hydrogens is 338 g/mol. The SMILES string of the molecule is COc1ccc(Nc2cc(C(=O)N3CCCCC3)c3ccccc3n2)cc1. The number of para-hydroxylation sites is 1. The fourth-order valence-corrected chi connectivity index (χ4v) is 3.51. The summed E-state index contributed by atoms with van der Waals surface area (Å²) in [6.07, 6.45) is 3.35. The summed E-state index contributed by atoms with van der Waals surface area (Å²) in [4.78, 5) is 19.8. The Bertz CT molecular complexity index is 947. The van der Waals surface area contributed by atoms with Gasteiger partial charge in [0.25, 0.3) is 5.91 Å². The Morgan fingerprint density at radius 2 is 1.78 bits per heavy atom. The van der Waals surface area contributed by atoms with Crippen LogP contribution >= 0.6 is 0 Å². The third kappa shape index (κ3) is 3.72. The zero-order valence-electron chi connectivity index (χ0n) is 15.4. The Morgan fingerprint density at radius 1 is 1.04 bits per heavy atom. The van der Waals surface area contributed by atoms with Gasteiger partial charge < -0.3 is 15.0 Å². The van der Waals surface area contributed by atoms with E-state index >= 15 is 0 Å². The van der Waals surface area contributed by atoms with E-state index in [4.69, 9.17) is 4.74 Å². The number of nitrogens with one attached hydrogen (secondary N) is 1. The molecule has 1 aliphatic rings. The smallest absolute Gasteiger partial charge is 0.254 e. The van der Waals surface area contributed by atoms with Gasteiger partial charge in [-0.1, -0.05) is 18.2 Å². The number of ether oxygens (including phenoxy) is 1. The summed E-state index contributed by atoms with van der Waals surface area (Å²) in [6, 6.07) is 17.3. The minimum Gasteiger partial charge on any atom is -0.497 e. The summed E-state index contributed by atoms with van der Waals surface area (Å²) in [6.45, 7) is 1.66. The molecule has 0 atom stereocenters. The Labute approximate surface area is 159 Å². The van der Waals surface area contributed by atoms with E-state index in [1.54, 1.807) is 7.11 Å². The molecule has 2 heterocycles. The zero-order chi connectivity index (χ0) is 18.6. The number of methoxy groups -OCH3 is 1. The lowest BCUT2D eigenvalue weighted by Crippen LogP contribution is -2.35. The van der Waals surface area contributed by atoms with Gasteiger partial charge in [0.05, 0.1) is 18.2 Å². The van der Waals surface area contributed by atoms with Crippen molar-refractivity contribution in [3.05, 3.63) is 60.2 Å². The van der Waals surface area contributed by atoms with Crippen molar-refractivity contribution in [3.8, 4) is 5.75 Å². The maximum Gasteiger partial charge on any atom is 0.254 e. The number of hydrogen-bond acceptors (Lipinski definition) is 4. The van der Waals surface area contributed by atoms with Crippen molar-refractivity contribution in [2.45, 2.75) is 19.3 Å². The molecule has 0 aliphatic carbocycles. The van der Waals surface area contributed by atoms with Crippen molar-refractivity contribution in [2.24, 2.45) is 0 Å². The van der Waals surface area contributed by atoms with Gasteiger partial charge in [0, 0.05) is 24.2 Å². The number of nitrogens with zero attached hydrogens (tertiary/aromatic N) is 2. The van der Waals surface area contributed by atoms with Crippen molar-refractivity contribution in [2.75, 3.05) is 25.5 Å². The Balaban J connectivity index is 1.70. The van der Waals surface area contributed by atoms with Gasteiger partial charge in [-0.3, -0.25) is 4.79 Å². The molecule has 2 aromatic carbocycles. The van der Waals surface area contributed by atoms with Crippen LogP contribution in [0.25, 0.3) is 10.9 Å². The van der Waals surface area contributed by atoms with Gasteiger partial charge in [-0.2, -0.15) is 0 Å². The number of pyridine rings is 1. The van der Waals surface area contributed by atoms with Gasteiger partial charge >= 0.3 is 0 Å². The number of carbonyl (C=O) groups is 1. The lowest BCUT2D eigenvalue weighted by atomic mass is 10.1. The minimum absolute atomic E-state index is 0.0890. The second-order valence-electron chi connectivity index (χ2n) is 6.78. The molecule has 1 saturated heterocycles. The summed E-state index contributed by atoms with van der Waals surface area (Å²) in [5, 5.41) is 4.20. The van der Waals surface area contributed by atoms with E-state index in [0.717, 1.165) is 48.3 Å². The molecule has 0 spiro atoms. The van der Waals surface area contributed by atoms with E-state index < -0.39 is 0 Å². The average molecular weight is 361 g/mol. The number of amides is 1. The molecule has 0 unspecified atom stereocenters. The maximum absolute atomic E-state index is 13.2. The summed E-state index contributed by atoms with van der Waals surface area (Å²) in [5.74, 6) is 1.55. The van der Waals surface area contributed by atoms with Gasteiger partial charge in [-0.05, 0) is 55.7 Å².